The molecule has 5 nitrogen and oxygen atoms in total. The van der Waals surface area contributed by atoms with Crippen LogP contribution in [0.3, 0.4) is 0 Å². The predicted octanol–water partition coefficient (Wildman–Crippen LogP) is 1.58. The third-order valence-corrected chi connectivity index (χ3v) is 2.56. The van der Waals surface area contributed by atoms with Crippen molar-refractivity contribution in [2.45, 2.75) is 26.8 Å². The standard InChI is InChI=1S/C10H15N5/c1-7(2)8(3)14-9-4-5-11-10-12-6-13-15(9)10/h4-8,14H,1-3H3/t8-/m1/s1. The second-order valence-electron chi connectivity index (χ2n) is 3.98. The average molecular weight is 205 g/mol. The van der Waals surface area contributed by atoms with E-state index in [-0.39, 0.29) is 0 Å². The predicted molar refractivity (Wildman–Crippen MR) is 58.7 cm³/mol. The molecule has 2 rings (SSSR count). The molecule has 0 unspecified atom stereocenters. The Balaban J connectivity index is 2.31. The summed E-state index contributed by atoms with van der Waals surface area (Å²) in [5.74, 6) is 2.12. The van der Waals surface area contributed by atoms with Gasteiger partial charge in [0.05, 0.1) is 0 Å². The molecule has 0 spiro atoms. The molecule has 0 saturated carbocycles. The van der Waals surface area contributed by atoms with Gasteiger partial charge in [0.1, 0.15) is 12.1 Å². The van der Waals surface area contributed by atoms with Gasteiger partial charge in [-0.15, -0.1) is 0 Å². The molecule has 0 saturated heterocycles. The maximum Gasteiger partial charge on any atom is 0.254 e. The number of fused-ring (bicyclic) bond motifs is 1. The van der Waals surface area contributed by atoms with Crippen LogP contribution in [0.1, 0.15) is 20.8 Å². The maximum atomic E-state index is 4.11. The molecule has 0 aliphatic carbocycles. The molecule has 80 valence electrons. The first kappa shape index (κ1) is 9.89. The Kier molecular flexibility index (Phi) is 2.53. The molecule has 2 heterocycles. The zero-order valence-corrected chi connectivity index (χ0v) is 9.18. The van der Waals surface area contributed by atoms with E-state index in [1.54, 1.807) is 10.7 Å². The summed E-state index contributed by atoms with van der Waals surface area (Å²) in [5.41, 5.74) is 0. The molecular formula is C10H15N5. The zero-order chi connectivity index (χ0) is 10.8. The van der Waals surface area contributed by atoms with E-state index in [0.717, 1.165) is 5.82 Å². The summed E-state index contributed by atoms with van der Waals surface area (Å²) in [6.45, 7) is 6.50. The smallest absolute Gasteiger partial charge is 0.254 e. The van der Waals surface area contributed by atoms with Crippen molar-refractivity contribution < 1.29 is 0 Å². The number of anilines is 1. The topological polar surface area (TPSA) is 55.1 Å². The fraction of sp³-hybridized carbons (Fsp3) is 0.500. The van der Waals surface area contributed by atoms with Crippen LogP contribution in [0.25, 0.3) is 5.78 Å². The summed E-state index contributed by atoms with van der Waals surface area (Å²) < 4.78 is 1.71. The van der Waals surface area contributed by atoms with E-state index in [9.17, 15) is 0 Å². The minimum atomic E-state index is 0.389. The van der Waals surface area contributed by atoms with Crippen LogP contribution in [-0.2, 0) is 0 Å². The average Bonchev–Trinajstić information content (AvgIpc) is 2.66. The number of nitrogens with zero attached hydrogens (tertiary/aromatic N) is 4. The Morgan fingerprint density at radius 1 is 1.27 bits per heavy atom. The van der Waals surface area contributed by atoms with Crippen molar-refractivity contribution >= 4 is 11.6 Å². The van der Waals surface area contributed by atoms with Gasteiger partial charge in [-0.05, 0) is 18.9 Å². The van der Waals surface area contributed by atoms with Gasteiger partial charge in [-0.2, -0.15) is 14.6 Å². The molecule has 1 atom stereocenters. The minimum absolute atomic E-state index is 0.389. The van der Waals surface area contributed by atoms with Gasteiger partial charge in [-0.3, -0.25) is 0 Å². The Morgan fingerprint density at radius 2 is 2.07 bits per heavy atom. The third kappa shape index (κ3) is 1.91. The van der Waals surface area contributed by atoms with Gasteiger partial charge >= 0.3 is 0 Å². The highest BCUT2D eigenvalue weighted by molar-refractivity contribution is 5.42. The highest BCUT2D eigenvalue weighted by Gasteiger charge is 2.09. The maximum absolute atomic E-state index is 4.11. The first-order chi connectivity index (χ1) is 7.18. The number of aromatic nitrogens is 4. The summed E-state index contributed by atoms with van der Waals surface area (Å²) >= 11 is 0. The summed E-state index contributed by atoms with van der Waals surface area (Å²) in [7, 11) is 0. The SMILES string of the molecule is CC(C)[C@@H](C)Nc1ccnc2ncnn12. The quantitative estimate of drug-likeness (QED) is 0.826. The minimum Gasteiger partial charge on any atom is -0.367 e. The van der Waals surface area contributed by atoms with Crippen molar-refractivity contribution in [1.29, 1.82) is 0 Å². The Bertz CT molecular complexity index is 448. The van der Waals surface area contributed by atoms with Crippen molar-refractivity contribution in [2.75, 3.05) is 5.32 Å². The van der Waals surface area contributed by atoms with E-state index in [2.05, 4.69) is 41.2 Å². The summed E-state index contributed by atoms with van der Waals surface area (Å²) in [6.07, 6.45) is 3.24. The highest BCUT2D eigenvalue weighted by Crippen LogP contribution is 2.11. The van der Waals surface area contributed by atoms with Gasteiger partial charge in [0.2, 0.25) is 0 Å². The number of rotatable bonds is 3. The molecule has 15 heavy (non-hydrogen) atoms. The molecule has 5 heteroatoms. The van der Waals surface area contributed by atoms with Gasteiger partial charge in [0.15, 0.2) is 0 Å². The van der Waals surface area contributed by atoms with Crippen molar-refractivity contribution in [3.8, 4) is 0 Å². The van der Waals surface area contributed by atoms with Gasteiger partial charge < -0.3 is 5.32 Å². The second-order valence-corrected chi connectivity index (χ2v) is 3.98. The fourth-order valence-electron chi connectivity index (χ4n) is 1.25. The lowest BCUT2D eigenvalue weighted by atomic mass is 10.1. The molecule has 2 aromatic rings. The molecule has 1 N–H and O–H groups in total. The summed E-state index contributed by atoms with van der Waals surface area (Å²) in [4.78, 5) is 8.14. The zero-order valence-electron chi connectivity index (χ0n) is 9.18. The molecule has 0 fully saturated rings. The molecular weight excluding hydrogens is 190 g/mol. The third-order valence-electron chi connectivity index (χ3n) is 2.56. The first-order valence-electron chi connectivity index (χ1n) is 5.10. The Hall–Kier alpha value is -1.65. The Morgan fingerprint density at radius 3 is 2.80 bits per heavy atom. The van der Waals surface area contributed by atoms with E-state index >= 15 is 0 Å². The number of nitrogens with one attached hydrogen (secondary N) is 1. The lowest BCUT2D eigenvalue weighted by molar-refractivity contribution is 0.556. The van der Waals surface area contributed by atoms with Crippen molar-refractivity contribution in [2.24, 2.45) is 5.92 Å². The molecule has 0 aromatic carbocycles. The van der Waals surface area contributed by atoms with E-state index in [0.29, 0.717) is 17.7 Å². The van der Waals surface area contributed by atoms with Gasteiger partial charge in [0.25, 0.3) is 5.78 Å². The van der Waals surface area contributed by atoms with Crippen LogP contribution in [0.15, 0.2) is 18.6 Å². The van der Waals surface area contributed by atoms with E-state index < -0.39 is 0 Å². The molecule has 0 aliphatic heterocycles. The van der Waals surface area contributed by atoms with Crippen LogP contribution in [0, 0.1) is 5.92 Å². The van der Waals surface area contributed by atoms with Gasteiger partial charge in [0, 0.05) is 12.2 Å². The fourth-order valence-corrected chi connectivity index (χ4v) is 1.25. The van der Waals surface area contributed by atoms with Gasteiger partial charge in [-0.1, -0.05) is 13.8 Å². The monoisotopic (exact) mass is 205 g/mol. The van der Waals surface area contributed by atoms with Crippen molar-refractivity contribution in [3.05, 3.63) is 18.6 Å². The highest BCUT2D eigenvalue weighted by atomic mass is 15.3. The largest absolute Gasteiger partial charge is 0.367 e. The molecule has 0 radical (unpaired) electrons. The van der Waals surface area contributed by atoms with Crippen molar-refractivity contribution in [1.82, 2.24) is 19.6 Å². The van der Waals surface area contributed by atoms with E-state index in [4.69, 9.17) is 0 Å². The lowest BCUT2D eigenvalue weighted by Crippen LogP contribution is -2.23. The van der Waals surface area contributed by atoms with E-state index in [1.165, 1.54) is 6.33 Å². The van der Waals surface area contributed by atoms with Crippen molar-refractivity contribution in [3.63, 3.8) is 0 Å². The van der Waals surface area contributed by atoms with Crippen LogP contribution in [0.5, 0.6) is 0 Å². The van der Waals surface area contributed by atoms with E-state index in [1.807, 2.05) is 6.07 Å². The number of hydrogen-bond donors (Lipinski definition) is 1. The van der Waals surface area contributed by atoms with Gasteiger partial charge in [-0.25, -0.2) is 4.98 Å². The second kappa shape index (κ2) is 3.84. The van der Waals surface area contributed by atoms with Crippen LogP contribution >= 0.6 is 0 Å². The first-order valence-corrected chi connectivity index (χ1v) is 5.10. The number of hydrogen-bond acceptors (Lipinski definition) is 4. The summed E-state index contributed by atoms with van der Waals surface area (Å²) in [6, 6.07) is 2.29. The molecule has 0 amide bonds. The molecule has 0 aliphatic rings. The normalized spacial score (nSPS) is 13.3. The van der Waals surface area contributed by atoms with Crippen LogP contribution < -0.4 is 5.32 Å². The molecule has 0 bridgehead atoms. The van der Waals surface area contributed by atoms with Crippen LogP contribution in [0.4, 0.5) is 5.82 Å². The van der Waals surface area contributed by atoms with Crippen LogP contribution in [-0.4, -0.2) is 25.6 Å². The molecule has 2 aromatic heterocycles. The van der Waals surface area contributed by atoms with Crippen LogP contribution in [0.2, 0.25) is 0 Å². The summed E-state index contributed by atoms with van der Waals surface area (Å²) in [5, 5.41) is 7.50. The lowest BCUT2D eigenvalue weighted by Gasteiger charge is -2.18. The Labute approximate surface area is 88.6 Å².